The summed E-state index contributed by atoms with van der Waals surface area (Å²) in [5, 5.41) is 2.86. The molecule has 1 amide bonds. The molecule has 4 aromatic rings. The van der Waals surface area contributed by atoms with Crippen molar-refractivity contribution in [1.82, 2.24) is 24.4 Å². The number of fused-ring (bicyclic) bond motifs is 1. The Morgan fingerprint density at radius 2 is 2.07 bits per heavy atom. The molecule has 3 aromatic heterocycles. The number of oxazole rings is 1. The van der Waals surface area contributed by atoms with Crippen LogP contribution in [-0.2, 0) is 17.9 Å². The van der Waals surface area contributed by atoms with E-state index in [9.17, 15) is 9.59 Å². The smallest absolute Gasteiger partial charge is 0.408 e. The molecular formula is C19H17N5O3. The molecule has 8 heteroatoms. The van der Waals surface area contributed by atoms with Gasteiger partial charge < -0.3 is 9.73 Å². The highest BCUT2D eigenvalue weighted by Crippen LogP contribution is 2.12. The molecule has 0 saturated carbocycles. The lowest BCUT2D eigenvalue weighted by Gasteiger charge is -2.07. The topological polar surface area (TPSA) is 95.0 Å². The first-order valence-electron chi connectivity index (χ1n) is 8.49. The fourth-order valence-electron chi connectivity index (χ4n) is 2.83. The number of hydrogen-bond acceptors (Lipinski definition) is 5. The lowest BCUT2D eigenvalue weighted by Crippen LogP contribution is -2.25. The van der Waals surface area contributed by atoms with Gasteiger partial charge in [0.25, 0.3) is 0 Å². The largest absolute Gasteiger partial charge is 0.419 e. The maximum atomic E-state index is 12.2. The number of hydrogen-bond donors (Lipinski definition) is 1. The van der Waals surface area contributed by atoms with Gasteiger partial charge in [-0.3, -0.25) is 13.9 Å². The average molecular weight is 363 g/mol. The second-order valence-electron chi connectivity index (χ2n) is 6.01. The van der Waals surface area contributed by atoms with Gasteiger partial charge in [-0.2, -0.15) is 0 Å². The summed E-state index contributed by atoms with van der Waals surface area (Å²) < 4.78 is 8.43. The minimum absolute atomic E-state index is 0.145. The third-order valence-electron chi connectivity index (χ3n) is 4.20. The summed E-state index contributed by atoms with van der Waals surface area (Å²) in [6.45, 7) is 0.641. The third kappa shape index (κ3) is 3.64. The molecule has 4 rings (SSSR count). The first-order chi connectivity index (χ1) is 13.2. The zero-order chi connectivity index (χ0) is 18.6. The predicted octanol–water partition coefficient (Wildman–Crippen LogP) is 1.88. The number of amides is 1. The SMILES string of the molecule is O=C(CCn1c(=O)oc2ccccc21)NCc1ccnc(-n2ccnc2)c1. The normalized spacial score (nSPS) is 11.0. The summed E-state index contributed by atoms with van der Waals surface area (Å²) in [7, 11) is 0. The molecule has 136 valence electrons. The average Bonchev–Trinajstić information content (AvgIpc) is 3.32. The number of carbonyl (C=O) groups excluding carboxylic acids is 1. The number of nitrogens with zero attached hydrogens (tertiary/aromatic N) is 4. The van der Waals surface area contributed by atoms with Gasteiger partial charge in [-0.05, 0) is 29.8 Å². The summed E-state index contributed by atoms with van der Waals surface area (Å²) >= 11 is 0. The zero-order valence-corrected chi connectivity index (χ0v) is 14.4. The Balaban J connectivity index is 1.37. The highest BCUT2D eigenvalue weighted by Gasteiger charge is 2.10. The van der Waals surface area contributed by atoms with Crippen LogP contribution in [-0.4, -0.2) is 25.0 Å². The van der Waals surface area contributed by atoms with E-state index in [0.29, 0.717) is 17.6 Å². The maximum absolute atomic E-state index is 12.2. The molecule has 0 atom stereocenters. The Bertz CT molecular complexity index is 1130. The van der Waals surface area contributed by atoms with Crippen LogP contribution in [0.15, 0.2) is 70.5 Å². The number of aromatic nitrogens is 4. The van der Waals surface area contributed by atoms with Crippen LogP contribution in [0.3, 0.4) is 0 Å². The van der Waals surface area contributed by atoms with Crippen LogP contribution in [0, 0.1) is 0 Å². The number of rotatable bonds is 6. The summed E-state index contributed by atoms with van der Waals surface area (Å²) in [6.07, 6.45) is 7.02. The van der Waals surface area contributed by atoms with Crippen molar-refractivity contribution in [3.63, 3.8) is 0 Å². The fraction of sp³-hybridized carbons (Fsp3) is 0.158. The molecule has 0 aliphatic rings. The van der Waals surface area contributed by atoms with Gasteiger partial charge in [-0.25, -0.2) is 14.8 Å². The standard InChI is InChI=1S/C19H17N5O3/c25-18(6-9-24-15-3-1-2-4-16(15)27-19(24)26)22-12-14-5-7-21-17(11-14)23-10-8-20-13-23/h1-5,7-8,10-11,13H,6,9,12H2,(H,22,25). The van der Waals surface area contributed by atoms with Crippen LogP contribution in [0.1, 0.15) is 12.0 Å². The van der Waals surface area contributed by atoms with Gasteiger partial charge in [0.2, 0.25) is 5.91 Å². The van der Waals surface area contributed by atoms with E-state index in [-0.39, 0.29) is 18.9 Å². The number of imidazole rings is 1. The minimum Gasteiger partial charge on any atom is -0.408 e. The molecule has 27 heavy (non-hydrogen) atoms. The molecule has 0 fully saturated rings. The van der Waals surface area contributed by atoms with E-state index in [1.54, 1.807) is 47.7 Å². The summed E-state index contributed by atoms with van der Waals surface area (Å²) in [6, 6.07) is 10.9. The minimum atomic E-state index is -0.455. The first kappa shape index (κ1) is 16.8. The van der Waals surface area contributed by atoms with Crippen molar-refractivity contribution in [3.05, 3.63) is 77.4 Å². The Labute approximate surface area is 154 Å². The second-order valence-corrected chi connectivity index (χ2v) is 6.01. The molecule has 3 heterocycles. The monoisotopic (exact) mass is 363 g/mol. The van der Waals surface area contributed by atoms with Crippen molar-refractivity contribution in [3.8, 4) is 5.82 Å². The fourth-order valence-corrected chi connectivity index (χ4v) is 2.83. The van der Waals surface area contributed by atoms with Gasteiger partial charge >= 0.3 is 5.76 Å². The van der Waals surface area contributed by atoms with E-state index in [4.69, 9.17) is 4.42 Å². The van der Waals surface area contributed by atoms with Crippen LogP contribution < -0.4 is 11.1 Å². The predicted molar refractivity (Wildman–Crippen MR) is 98.3 cm³/mol. The molecular weight excluding hydrogens is 346 g/mol. The lowest BCUT2D eigenvalue weighted by atomic mass is 10.2. The van der Waals surface area contributed by atoms with E-state index < -0.39 is 5.76 Å². The van der Waals surface area contributed by atoms with Gasteiger partial charge in [-0.1, -0.05) is 12.1 Å². The quantitative estimate of drug-likeness (QED) is 0.564. The van der Waals surface area contributed by atoms with Crippen LogP contribution in [0.5, 0.6) is 0 Å². The van der Waals surface area contributed by atoms with Gasteiger partial charge in [0, 0.05) is 38.1 Å². The molecule has 0 aliphatic heterocycles. The molecule has 0 saturated heterocycles. The van der Waals surface area contributed by atoms with Crippen molar-refractivity contribution >= 4 is 17.0 Å². The third-order valence-corrected chi connectivity index (χ3v) is 4.20. The highest BCUT2D eigenvalue weighted by atomic mass is 16.4. The first-order valence-corrected chi connectivity index (χ1v) is 8.49. The molecule has 1 N–H and O–H groups in total. The van der Waals surface area contributed by atoms with Crippen LogP contribution >= 0.6 is 0 Å². The number of aryl methyl sites for hydroxylation is 1. The molecule has 0 unspecified atom stereocenters. The van der Waals surface area contributed by atoms with Crippen molar-refractivity contribution in [1.29, 1.82) is 0 Å². The zero-order valence-electron chi connectivity index (χ0n) is 14.4. The van der Waals surface area contributed by atoms with E-state index in [1.165, 1.54) is 4.57 Å². The Morgan fingerprint density at radius 3 is 2.93 bits per heavy atom. The Morgan fingerprint density at radius 1 is 1.19 bits per heavy atom. The van der Waals surface area contributed by atoms with E-state index in [1.807, 2.05) is 18.2 Å². The van der Waals surface area contributed by atoms with Gasteiger partial charge in [0.15, 0.2) is 5.58 Å². The molecule has 8 nitrogen and oxygen atoms in total. The van der Waals surface area contributed by atoms with Crippen molar-refractivity contribution in [2.75, 3.05) is 0 Å². The van der Waals surface area contributed by atoms with Crippen LogP contribution in [0.2, 0.25) is 0 Å². The van der Waals surface area contributed by atoms with Crippen molar-refractivity contribution < 1.29 is 9.21 Å². The number of carbonyl (C=O) groups is 1. The van der Waals surface area contributed by atoms with E-state index >= 15 is 0 Å². The van der Waals surface area contributed by atoms with Crippen molar-refractivity contribution in [2.24, 2.45) is 0 Å². The molecule has 1 aromatic carbocycles. The van der Waals surface area contributed by atoms with Crippen molar-refractivity contribution in [2.45, 2.75) is 19.5 Å². The van der Waals surface area contributed by atoms with Crippen LogP contribution in [0.4, 0.5) is 0 Å². The second kappa shape index (κ2) is 7.28. The molecule has 0 spiro atoms. The molecule has 0 bridgehead atoms. The van der Waals surface area contributed by atoms with E-state index in [2.05, 4.69) is 15.3 Å². The Hall–Kier alpha value is -3.68. The summed E-state index contributed by atoms with van der Waals surface area (Å²) in [5.41, 5.74) is 2.13. The molecule has 0 aliphatic carbocycles. The summed E-state index contributed by atoms with van der Waals surface area (Å²) in [4.78, 5) is 32.4. The van der Waals surface area contributed by atoms with E-state index in [0.717, 1.165) is 11.4 Å². The Kier molecular flexibility index (Phi) is 4.52. The lowest BCUT2D eigenvalue weighted by molar-refractivity contribution is -0.121. The number of para-hydroxylation sites is 2. The molecule has 0 radical (unpaired) electrons. The van der Waals surface area contributed by atoms with Gasteiger partial charge in [0.1, 0.15) is 12.1 Å². The number of pyridine rings is 1. The summed E-state index contributed by atoms with van der Waals surface area (Å²) in [5.74, 6) is 0.131. The van der Waals surface area contributed by atoms with Crippen LogP contribution in [0.25, 0.3) is 16.9 Å². The van der Waals surface area contributed by atoms with Gasteiger partial charge in [-0.15, -0.1) is 0 Å². The number of nitrogens with one attached hydrogen (secondary N) is 1. The van der Waals surface area contributed by atoms with Gasteiger partial charge in [0.05, 0.1) is 5.52 Å². The maximum Gasteiger partial charge on any atom is 0.419 e. The highest BCUT2D eigenvalue weighted by molar-refractivity contribution is 5.76. The number of benzene rings is 1.